The van der Waals surface area contributed by atoms with Gasteiger partial charge in [0.2, 0.25) is 5.91 Å². The number of nitrogens with zero attached hydrogens (tertiary/aromatic N) is 1. The molecule has 216 valence electrons. The number of rotatable bonds is 15. The van der Waals surface area contributed by atoms with E-state index >= 15 is 0 Å². The summed E-state index contributed by atoms with van der Waals surface area (Å²) in [5.41, 5.74) is 1.50. The Hall–Kier alpha value is -4.34. The lowest BCUT2D eigenvalue weighted by molar-refractivity contribution is -0.148. The fraction of sp³-hybridized carbons (Fsp3) is 0.400. The second kappa shape index (κ2) is 15.9. The number of aldehydes is 1. The van der Waals surface area contributed by atoms with Crippen LogP contribution in [0.15, 0.2) is 55.1 Å². The van der Waals surface area contributed by atoms with Gasteiger partial charge in [0.1, 0.15) is 36.8 Å². The average molecular weight is 555 g/mol. The Kier molecular flexibility index (Phi) is 12.7. The molecule has 3 atom stereocenters. The van der Waals surface area contributed by atoms with E-state index in [-0.39, 0.29) is 31.1 Å². The molecule has 10 nitrogen and oxygen atoms in total. The van der Waals surface area contributed by atoms with Crippen LogP contribution < -0.4 is 14.8 Å². The van der Waals surface area contributed by atoms with Crippen molar-refractivity contribution < 1.29 is 38.1 Å². The first-order valence-corrected chi connectivity index (χ1v) is 12.9. The molecule has 10 heteroatoms. The van der Waals surface area contributed by atoms with Crippen molar-refractivity contribution >= 4 is 24.3 Å². The molecule has 1 N–H and O–H groups in total. The smallest absolute Gasteiger partial charge is 0.410 e. The molecule has 2 aromatic carbocycles. The highest BCUT2D eigenvalue weighted by Crippen LogP contribution is 2.30. The molecule has 2 rings (SSSR count). The number of carbonyl (C=O) groups excluding carboxylic acids is 4. The number of hydrogen-bond donors (Lipinski definition) is 1. The van der Waals surface area contributed by atoms with Crippen molar-refractivity contribution in [3.05, 3.63) is 71.8 Å². The minimum absolute atomic E-state index is 0.00285. The normalized spacial score (nSPS) is 12.7. The Labute approximate surface area is 235 Å². The molecule has 40 heavy (non-hydrogen) atoms. The summed E-state index contributed by atoms with van der Waals surface area (Å²) in [6.45, 7) is 7.25. The van der Waals surface area contributed by atoms with Crippen LogP contribution in [0, 0.1) is 5.92 Å². The third-order valence-corrected chi connectivity index (χ3v) is 6.54. The van der Waals surface area contributed by atoms with Gasteiger partial charge in [-0.15, -0.1) is 0 Å². The third-order valence-electron chi connectivity index (χ3n) is 6.54. The minimum atomic E-state index is -1.14. The van der Waals surface area contributed by atoms with Crippen molar-refractivity contribution in [3.8, 4) is 11.5 Å². The van der Waals surface area contributed by atoms with E-state index in [9.17, 15) is 19.2 Å². The van der Waals surface area contributed by atoms with E-state index in [1.165, 1.54) is 33.4 Å². The maximum absolute atomic E-state index is 13.7. The molecule has 0 saturated carbocycles. The van der Waals surface area contributed by atoms with E-state index in [2.05, 4.69) is 11.9 Å². The molecule has 0 aliphatic carbocycles. The standard InChI is InChI=1S/C30H38N2O8/c1-7-14-39-29(35)27(20(3)8-2)31-28(34)24(32(4)30(36)40-19-21-12-10-9-11-13-21)16-22-15-23(18-33)26(38-6)17-25(22)37-5/h7,9-13,15,17-18,20,24,27H,1,8,14,16,19H2,2-6H3,(H,31,34)/t20-,24-,27-/m0/s1. The van der Waals surface area contributed by atoms with Crippen molar-refractivity contribution in [2.24, 2.45) is 5.92 Å². The van der Waals surface area contributed by atoms with Gasteiger partial charge in [-0.3, -0.25) is 14.5 Å². The van der Waals surface area contributed by atoms with Crippen LogP contribution in [0.4, 0.5) is 4.79 Å². The number of ether oxygens (including phenoxy) is 4. The Bertz CT molecular complexity index is 1170. The van der Waals surface area contributed by atoms with Gasteiger partial charge in [-0.25, -0.2) is 9.59 Å². The van der Waals surface area contributed by atoms with Crippen LogP contribution in [0.5, 0.6) is 11.5 Å². The Balaban J connectivity index is 2.42. The van der Waals surface area contributed by atoms with Gasteiger partial charge in [0, 0.05) is 19.5 Å². The van der Waals surface area contributed by atoms with Crippen LogP contribution in [-0.2, 0) is 32.1 Å². The molecular formula is C30H38N2O8. The number of nitrogens with one attached hydrogen (secondary N) is 1. The van der Waals surface area contributed by atoms with Gasteiger partial charge in [0.25, 0.3) is 0 Å². The monoisotopic (exact) mass is 554 g/mol. The molecule has 2 amide bonds. The van der Waals surface area contributed by atoms with Gasteiger partial charge >= 0.3 is 12.1 Å². The summed E-state index contributed by atoms with van der Waals surface area (Å²) >= 11 is 0. The number of hydrogen-bond acceptors (Lipinski definition) is 8. The highest BCUT2D eigenvalue weighted by atomic mass is 16.6. The highest BCUT2D eigenvalue weighted by Gasteiger charge is 2.34. The topological polar surface area (TPSA) is 120 Å². The van der Waals surface area contributed by atoms with Gasteiger partial charge < -0.3 is 24.3 Å². The molecule has 0 fully saturated rings. The van der Waals surface area contributed by atoms with Crippen LogP contribution >= 0.6 is 0 Å². The first kappa shape index (κ1) is 31.9. The van der Waals surface area contributed by atoms with E-state index < -0.39 is 30.1 Å². The largest absolute Gasteiger partial charge is 0.496 e. The molecule has 0 saturated heterocycles. The molecule has 0 aliphatic rings. The first-order chi connectivity index (χ1) is 19.2. The molecule has 0 bridgehead atoms. The second-order valence-electron chi connectivity index (χ2n) is 9.19. The maximum atomic E-state index is 13.7. The van der Waals surface area contributed by atoms with E-state index in [4.69, 9.17) is 18.9 Å². The Morgan fingerprint density at radius 2 is 1.73 bits per heavy atom. The zero-order valence-electron chi connectivity index (χ0n) is 23.7. The molecule has 0 aromatic heterocycles. The van der Waals surface area contributed by atoms with Crippen LogP contribution in [0.3, 0.4) is 0 Å². The summed E-state index contributed by atoms with van der Waals surface area (Å²) in [7, 11) is 4.30. The van der Waals surface area contributed by atoms with Gasteiger partial charge in [0.15, 0.2) is 6.29 Å². The summed E-state index contributed by atoms with van der Waals surface area (Å²) < 4.78 is 21.4. The fourth-order valence-corrected chi connectivity index (χ4v) is 3.96. The number of carbonyl (C=O) groups is 4. The second-order valence-corrected chi connectivity index (χ2v) is 9.19. The van der Waals surface area contributed by atoms with Crippen molar-refractivity contribution in [1.82, 2.24) is 10.2 Å². The lowest BCUT2D eigenvalue weighted by Crippen LogP contribution is -2.55. The average Bonchev–Trinajstić information content (AvgIpc) is 2.99. The first-order valence-electron chi connectivity index (χ1n) is 12.9. The van der Waals surface area contributed by atoms with Crippen LogP contribution in [0.1, 0.15) is 41.8 Å². The Morgan fingerprint density at radius 1 is 1.05 bits per heavy atom. The van der Waals surface area contributed by atoms with Crippen LogP contribution in [-0.4, -0.2) is 69.1 Å². The van der Waals surface area contributed by atoms with Gasteiger partial charge in [-0.2, -0.15) is 0 Å². The van der Waals surface area contributed by atoms with E-state index in [1.54, 1.807) is 6.07 Å². The zero-order valence-corrected chi connectivity index (χ0v) is 23.7. The van der Waals surface area contributed by atoms with E-state index in [0.717, 1.165) is 10.5 Å². The van der Waals surface area contributed by atoms with Crippen LogP contribution in [0.25, 0.3) is 0 Å². The molecule has 0 spiro atoms. The number of methoxy groups -OCH3 is 2. The summed E-state index contributed by atoms with van der Waals surface area (Å²) in [4.78, 5) is 52.4. The number of esters is 1. The van der Waals surface area contributed by atoms with Gasteiger partial charge in [-0.05, 0) is 23.1 Å². The lowest BCUT2D eigenvalue weighted by atomic mass is 9.97. The number of benzene rings is 2. The van der Waals surface area contributed by atoms with Crippen molar-refractivity contribution in [2.75, 3.05) is 27.9 Å². The SMILES string of the molecule is C=CCOC(=O)[C@@H](NC(=O)[C@H](Cc1cc(C=O)c(OC)cc1OC)N(C)C(=O)OCc1ccccc1)[C@@H](C)CC. The summed E-state index contributed by atoms with van der Waals surface area (Å²) in [6.07, 6.45) is 1.85. The molecular weight excluding hydrogens is 516 g/mol. The predicted molar refractivity (Wildman–Crippen MR) is 149 cm³/mol. The molecule has 2 aromatic rings. The zero-order chi connectivity index (χ0) is 29.7. The summed E-state index contributed by atoms with van der Waals surface area (Å²) in [5.74, 6) is -0.815. The Morgan fingerprint density at radius 3 is 2.30 bits per heavy atom. The predicted octanol–water partition coefficient (Wildman–Crippen LogP) is 3.96. The minimum Gasteiger partial charge on any atom is -0.496 e. The van der Waals surface area contributed by atoms with Gasteiger partial charge in [-0.1, -0.05) is 63.3 Å². The van der Waals surface area contributed by atoms with Crippen molar-refractivity contribution in [3.63, 3.8) is 0 Å². The number of amides is 2. The quantitative estimate of drug-likeness (QED) is 0.200. The molecule has 0 unspecified atom stereocenters. The lowest BCUT2D eigenvalue weighted by Gasteiger charge is -2.30. The maximum Gasteiger partial charge on any atom is 0.410 e. The van der Waals surface area contributed by atoms with E-state index in [0.29, 0.717) is 29.8 Å². The van der Waals surface area contributed by atoms with Crippen molar-refractivity contribution in [2.45, 2.75) is 45.4 Å². The van der Waals surface area contributed by atoms with Crippen LogP contribution in [0.2, 0.25) is 0 Å². The molecule has 0 heterocycles. The van der Waals surface area contributed by atoms with E-state index in [1.807, 2.05) is 44.2 Å². The van der Waals surface area contributed by atoms with Gasteiger partial charge in [0.05, 0.1) is 19.8 Å². The number of likely N-dealkylation sites (N-methyl/N-ethyl adjacent to an activating group) is 1. The van der Waals surface area contributed by atoms with Crippen molar-refractivity contribution in [1.29, 1.82) is 0 Å². The summed E-state index contributed by atoms with van der Waals surface area (Å²) in [6, 6.07) is 10.1. The third kappa shape index (κ3) is 8.59. The molecule has 0 aliphatic heterocycles. The fourth-order valence-electron chi connectivity index (χ4n) is 3.96. The highest BCUT2D eigenvalue weighted by molar-refractivity contribution is 5.90. The summed E-state index contributed by atoms with van der Waals surface area (Å²) in [5, 5.41) is 2.76. The molecule has 0 radical (unpaired) electrons.